The molecule has 0 radical (unpaired) electrons. The minimum atomic E-state index is -0.542. The van der Waals surface area contributed by atoms with E-state index in [4.69, 9.17) is 5.73 Å². The zero-order valence-electron chi connectivity index (χ0n) is 19.0. The molecule has 1 atom stereocenters. The molecule has 0 aliphatic heterocycles. The Morgan fingerprint density at radius 3 is 2.62 bits per heavy atom. The number of hydrogen-bond donors (Lipinski definition) is 3. The minimum absolute atomic E-state index is 0.0998. The number of carbonyl (C=O) groups is 3. The van der Waals surface area contributed by atoms with E-state index in [1.54, 1.807) is 23.9 Å². The number of thioether (sulfide) groups is 1. The predicted molar refractivity (Wildman–Crippen MR) is 138 cm³/mol. The lowest BCUT2D eigenvalue weighted by Crippen LogP contribution is -2.36. The summed E-state index contributed by atoms with van der Waals surface area (Å²) in [6.07, 6.45) is 4.68. The van der Waals surface area contributed by atoms with Gasteiger partial charge in [-0.05, 0) is 84.9 Å². The molecule has 1 amide bonds. The van der Waals surface area contributed by atoms with Crippen LogP contribution in [0.3, 0.4) is 0 Å². The van der Waals surface area contributed by atoms with E-state index in [0.29, 0.717) is 41.6 Å². The summed E-state index contributed by atoms with van der Waals surface area (Å²) in [5, 5.41) is 6.08. The van der Waals surface area contributed by atoms with E-state index in [1.807, 2.05) is 54.8 Å². The third-order valence-corrected chi connectivity index (χ3v) is 6.63. The first-order valence-corrected chi connectivity index (χ1v) is 12.6. The number of nitrogens with one attached hydrogen (secondary N) is 2. The minimum Gasteiger partial charge on any atom is -0.397 e. The molecule has 1 aliphatic carbocycles. The number of para-hydroxylation sites is 2. The summed E-state index contributed by atoms with van der Waals surface area (Å²) in [4.78, 5) is 37.5. The number of aldehydes is 1. The maximum Gasteiger partial charge on any atom is 0.251 e. The Bertz CT molecular complexity index is 1240. The number of rotatable bonds is 8. The van der Waals surface area contributed by atoms with Gasteiger partial charge >= 0.3 is 0 Å². The number of nitrogen functional groups attached to an aromatic ring is 1. The summed E-state index contributed by atoms with van der Waals surface area (Å²) in [6.45, 7) is 0. The topological polar surface area (TPSA) is 101 Å². The zero-order chi connectivity index (χ0) is 24.1. The summed E-state index contributed by atoms with van der Waals surface area (Å²) in [5.74, 6) is 0.326. The van der Waals surface area contributed by atoms with Crippen LogP contribution in [0.15, 0.2) is 60.7 Å². The highest BCUT2D eigenvalue weighted by Gasteiger charge is 2.23. The fourth-order valence-corrected chi connectivity index (χ4v) is 4.59. The van der Waals surface area contributed by atoms with Crippen LogP contribution in [0.2, 0.25) is 0 Å². The molecule has 4 rings (SSSR count). The Labute approximate surface area is 203 Å². The van der Waals surface area contributed by atoms with E-state index in [9.17, 15) is 14.4 Å². The van der Waals surface area contributed by atoms with Crippen LogP contribution in [0.4, 0.5) is 17.1 Å². The summed E-state index contributed by atoms with van der Waals surface area (Å²) in [5.41, 5.74) is 11.8. The molecule has 34 heavy (non-hydrogen) atoms. The quantitative estimate of drug-likeness (QED) is 0.331. The van der Waals surface area contributed by atoms with Crippen LogP contribution < -0.4 is 16.4 Å². The van der Waals surface area contributed by atoms with Crippen molar-refractivity contribution in [2.75, 3.05) is 23.1 Å². The van der Waals surface area contributed by atoms with Crippen LogP contribution in [0.5, 0.6) is 0 Å². The van der Waals surface area contributed by atoms with Gasteiger partial charge in [0, 0.05) is 22.4 Å². The van der Waals surface area contributed by atoms with Crippen molar-refractivity contribution >= 4 is 46.8 Å². The number of amides is 1. The first-order chi connectivity index (χ1) is 16.5. The Morgan fingerprint density at radius 2 is 1.85 bits per heavy atom. The number of hydrogen-bond acceptors (Lipinski definition) is 6. The smallest absolute Gasteiger partial charge is 0.251 e. The zero-order valence-corrected chi connectivity index (χ0v) is 19.8. The molecule has 0 heterocycles. The fraction of sp³-hybridized carbons (Fsp3) is 0.222. The van der Waals surface area contributed by atoms with Crippen LogP contribution in [0.25, 0.3) is 0 Å². The number of benzene rings is 3. The van der Waals surface area contributed by atoms with Gasteiger partial charge in [-0.3, -0.25) is 9.59 Å². The van der Waals surface area contributed by atoms with Gasteiger partial charge in [0.25, 0.3) is 5.91 Å². The van der Waals surface area contributed by atoms with Crippen molar-refractivity contribution in [1.29, 1.82) is 0 Å². The largest absolute Gasteiger partial charge is 0.397 e. The number of anilines is 3. The standard InChI is InChI=1S/C27H27N3O3S/c1-34-13-12-21(16-31)30-27(33)19-9-7-17-6-8-18-14-20(29-25-5-3-2-4-24(25)28)10-11-22(18)26(32)23(17)15-19/h2-5,7,9-11,14-16,21,29H,6,8,12-13,28H2,1H3,(H,30,33). The van der Waals surface area contributed by atoms with Gasteiger partial charge in [-0.1, -0.05) is 18.2 Å². The molecule has 0 saturated carbocycles. The summed E-state index contributed by atoms with van der Waals surface area (Å²) < 4.78 is 0. The maximum absolute atomic E-state index is 13.4. The molecule has 0 spiro atoms. The fourth-order valence-electron chi connectivity index (χ4n) is 4.10. The van der Waals surface area contributed by atoms with Crippen molar-refractivity contribution in [3.8, 4) is 0 Å². The number of carbonyl (C=O) groups excluding carboxylic acids is 3. The lowest BCUT2D eigenvalue weighted by atomic mass is 9.96. The van der Waals surface area contributed by atoms with Crippen molar-refractivity contribution in [2.45, 2.75) is 25.3 Å². The van der Waals surface area contributed by atoms with Gasteiger partial charge in [0.15, 0.2) is 5.78 Å². The Kier molecular flexibility index (Phi) is 7.33. The molecule has 0 aromatic heterocycles. The van der Waals surface area contributed by atoms with Crippen molar-refractivity contribution < 1.29 is 14.4 Å². The molecule has 6 nitrogen and oxygen atoms in total. The summed E-state index contributed by atoms with van der Waals surface area (Å²) in [7, 11) is 0. The second-order valence-corrected chi connectivity index (χ2v) is 9.27. The van der Waals surface area contributed by atoms with Gasteiger partial charge in [-0.2, -0.15) is 11.8 Å². The molecular weight excluding hydrogens is 446 g/mol. The summed E-state index contributed by atoms with van der Waals surface area (Å²) in [6, 6.07) is 17.9. The molecule has 3 aromatic carbocycles. The van der Waals surface area contributed by atoms with Crippen LogP contribution in [-0.2, 0) is 17.6 Å². The van der Waals surface area contributed by atoms with Crippen LogP contribution in [-0.4, -0.2) is 36.0 Å². The van der Waals surface area contributed by atoms with Crippen molar-refractivity contribution in [3.05, 3.63) is 88.5 Å². The van der Waals surface area contributed by atoms with Gasteiger partial charge in [-0.15, -0.1) is 0 Å². The van der Waals surface area contributed by atoms with E-state index in [2.05, 4.69) is 10.6 Å². The lowest BCUT2D eigenvalue weighted by molar-refractivity contribution is -0.109. The molecule has 0 bridgehead atoms. The lowest BCUT2D eigenvalue weighted by Gasteiger charge is -2.13. The normalized spacial score (nSPS) is 13.3. The van der Waals surface area contributed by atoms with Gasteiger partial charge in [0.1, 0.15) is 6.29 Å². The van der Waals surface area contributed by atoms with Crippen molar-refractivity contribution in [3.63, 3.8) is 0 Å². The van der Waals surface area contributed by atoms with Crippen LogP contribution >= 0.6 is 11.8 Å². The molecular formula is C27H27N3O3S. The van der Waals surface area contributed by atoms with Crippen LogP contribution in [0.1, 0.15) is 43.8 Å². The number of aryl methyl sites for hydroxylation is 2. The van der Waals surface area contributed by atoms with E-state index in [0.717, 1.165) is 34.5 Å². The van der Waals surface area contributed by atoms with Crippen LogP contribution in [0, 0.1) is 0 Å². The summed E-state index contributed by atoms with van der Waals surface area (Å²) >= 11 is 1.62. The number of nitrogens with two attached hydrogens (primary N) is 1. The molecule has 7 heteroatoms. The third-order valence-electron chi connectivity index (χ3n) is 5.98. The Balaban J connectivity index is 1.57. The number of ketones is 1. The molecule has 1 aliphatic rings. The van der Waals surface area contributed by atoms with E-state index >= 15 is 0 Å². The highest BCUT2D eigenvalue weighted by Crippen LogP contribution is 2.29. The average Bonchev–Trinajstić information content (AvgIpc) is 2.99. The first-order valence-electron chi connectivity index (χ1n) is 11.2. The van der Waals surface area contributed by atoms with Gasteiger partial charge in [0.2, 0.25) is 0 Å². The average molecular weight is 474 g/mol. The molecule has 3 aromatic rings. The highest BCUT2D eigenvalue weighted by molar-refractivity contribution is 7.98. The van der Waals surface area contributed by atoms with E-state index in [-0.39, 0.29) is 11.7 Å². The monoisotopic (exact) mass is 473 g/mol. The molecule has 0 saturated heterocycles. The van der Waals surface area contributed by atoms with E-state index < -0.39 is 6.04 Å². The maximum atomic E-state index is 13.4. The highest BCUT2D eigenvalue weighted by atomic mass is 32.2. The molecule has 1 unspecified atom stereocenters. The Morgan fingerprint density at radius 1 is 1.06 bits per heavy atom. The van der Waals surface area contributed by atoms with E-state index in [1.165, 1.54) is 0 Å². The second kappa shape index (κ2) is 10.6. The van der Waals surface area contributed by atoms with Gasteiger partial charge in [0.05, 0.1) is 17.4 Å². The van der Waals surface area contributed by atoms with Crippen molar-refractivity contribution in [2.24, 2.45) is 0 Å². The predicted octanol–water partition coefficient (Wildman–Crippen LogP) is 4.39. The number of fused-ring (bicyclic) bond motifs is 2. The SMILES string of the molecule is CSCCC(C=O)NC(=O)c1ccc2c(c1)C(=O)c1ccc(Nc3ccccc3N)cc1CC2. The Hall–Kier alpha value is -3.58. The van der Waals surface area contributed by atoms with Crippen molar-refractivity contribution in [1.82, 2.24) is 5.32 Å². The molecule has 4 N–H and O–H groups in total. The van der Waals surface area contributed by atoms with Gasteiger partial charge in [-0.25, -0.2) is 0 Å². The third kappa shape index (κ3) is 5.15. The van der Waals surface area contributed by atoms with Gasteiger partial charge < -0.3 is 21.2 Å². The first kappa shape index (κ1) is 23.6. The second-order valence-electron chi connectivity index (χ2n) is 8.28. The molecule has 0 fully saturated rings. The molecule has 174 valence electrons.